The molecule has 1 heterocycles. The van der Waals surface area contributed by atoms with Crippen molar-refractivity contribution in [3.8, 4) is 5.88 Å². The molecule has 0 radical (unpaired) electrons. The number of halogens is 1. The van der Waals surface area contributed by atoms with E-state index in [4.69, 9.17) is 16.3 Å². The van der Waals surface area contributed by atoms with Crippen molar-refractivity contribution < 1.29 is 4.74 Å². The van der Waals surface area contributed by atoms with Crippen LogP contribution in [0.5, 0.6) is 5.88 Å². The van der Waals surface area contributed by atoms with Crippen LogP contribution in [0.4, 0.5) is 0 Å². The Hall–Kier alpha value is -0.760. The zero-order valence-corrected chi connectivity index (χ0v) is 9.14. The summed E-state index contributed by atoms with van der Waals surface area (Å²) in [5, 5.41) is 0.688. The Labute approximate surface area is 83.9 Å². The first-order chi connectivity index (χ1) is 5.95. The highest BCUT2D eigenvalue weighted by molar-refractivity contribution is 6.31. The van der Waals surface area contributed by atoms with Gasteiger partial charge in [-0.1, -0.05) is 32.4 Å². The van der Waals surface area contributed by atoms with Gasteiger partial charge in [0, 0.05) is 11.5 Å². The first kappa shape index (κ1) is 10.3. The molecule has 0 aliphatic heterocycles. The van der Waals surface area contributed by atoms with Gasteiger partial charge in [0.15, 0.2) is 0 Å². The summed E-state index contributed by atoms with van der Waals surface area (Å²) in [6, 6.07) is 3.57. The van der Waals surface area contributed by atoms with Crippen molar-refractivity contribution in [2.45, 2.75) is 26.2 Å². The van der Waals surface area contributed by atoms with E-state index in [-0.39, 0.29) is 5.41 Å². The van der Waals surface area contributed by atoms with Gasteiger partial charge in [-0.25, -0.2) is 4.98 Å². The van der Waals surface area contributed by atoms with Crippen LogP contribution in [0.2, 0.25) is 5.02 Å². The molecule has 3 heteroatoms. The molecule has 0 N–H and O–H groups in total. The third-order valence-corrected chi connectivity index (χ3v) is 2.04. The monoisotopic (exact) mass is 199 g/mol. The first-order valence-corrected chi connectivity index (χ1v) is 4.54. The molecular formula is C10H14ClNO. The second-order valence-corrected chi connectivity index (χ2v) is 4.34. The largest absolute Gasteiger partial charge is 0.481 e. The molecule has 0 amide bonds. The molecule has 0 unspecified atom stereocenters. The third kappa shape index (κ3) is 2.34. The van der Waals surface area contributed by atoms with Gasteiger partial charge in [0.05, 0.1) is 17.8 Å². The number of nitrogens with zero attached hydrogens (tertiary/aromatic N) is 1. The standard InChI is InChI=1S/C10H14ClNO/c1-10(2,3)9-7(11)5-6-8(12-9)13-4/h5-6H,1-4H3. The molecule has 0 aromatic carbocycles. The van der Waals surface area contributed by atoms with Gasteiger partial charge in [0.25, 0.3) is 0 Å². The van der Waals surface area contributed by atoms with Gasteiger partial charge in [-0.05, 0) is 6.07 Å². The van der Waals surface area contributed by atoms with E-state index in [0.717, 1.165) is 5.69 Å². The maximum Gasteiger partial charge on any atom is 0.213 e. The minimum atomic E-state index is -0.0500. The van der Waals surface area contributed by atoms with E-state index in [1.807, 2.05) is 6.07 Å². The molecule has 1 aromatic rings. The summed E-state index contributed by atoms with van der Waals surface area (Å²) in [6.45, 7) is 6.21. The number of hydrogen-bond acceptors (Lipinski definition) is 2. The lowest BCUT2D eigenvalue weighted by Crippen LogP contribution is -2.14. The van der Waals surface area contributed by atoms with E-state index < -0.39 is 0 Å². The lowest BCUT2D eigenvalue weighted by Gasteiger charge is -2.19. The van der Waals surface area contributed by atoms with E-state index in [1.54, 1.807) is 13.2 Å². The Kier molecular flexibility index (Phi) is 2.81. The predicted octanol–water partition coefficient (Wildman–Crippen LogP) is 3.04. The predicted molar refractivity (Wildman–Crippen MR) is 54.5 cm³/mol. The third-order valence-electron chi connectivity index (χ3n) is 1.74. The van der Waals surface area contributed by atoms with E-state index in [0.29, 0.717) is 10.9 Å². The van der Waals surface area contributed by atoms with Gasteiger partial charge < -0.3 is 4.74 Å². The molecule has 1 aromatic heterocycles. The van der Waals surface area contributed by atoms with Crippen molar-refractivity contribution in [1.82, 2.24) is 4.98 Å². The van der Waals surface area contributed by atoms with Gasteiger partial charge in [0.1, 0.15) is 0 Å². The average molecular weight is 200 g/mol. The van der Waals surface area contributed by atoms with Crippen molar-refractivity contribution in [2.75, 3.05) is 7.11 Å². The quantitative estimate of drug-likeness (QED) is 0.694. The maximum absolute atomic E-state index is 6.02. The molecule has 0 aliphatic rings. The topological polar surface area (TPSA) is 22.1 Å². The smallest absolute Gasteiger partial charge is 0.213 e. The van der Waals surface area contributed by atoms with Crippen molar-refractivity contribution in [3.05, 3.63) is 22.8 Å². The molecule has 0 saturated carbocycles. The Morgan fingerprint density at radius 2 is 1.92 bits per heavy atom. The summed E-state index contributed by atoms with van der Waals surface area (Å²) in [4.78, 5) is 4.31. The van der Waals surface area contributed by atoms with Crippen molar-refractivity contribution in [1.29, 1.82) is 0 Å². The molecule has 0 aliphatic carbocycles. The van der Waals surface area contributed by atoms with Crippen molar-refractivity contribution >= 4 is 11.6 Å². The van der Waals surface area contributed by atoms with Crippen LogP contribution in [-0.2, 0) is 5.41 Å². The Balaban J connectivity index is 3.19. The SMILES string of the molecule is COc1ccc(Cl)c(C(C)(C)C)n1. The van der Waals surface area contributed by atoms with Crippen LogP contribution in [0.25, 0.3) is 0 Å². The Morgan fingerprint density at radius 3 is 2.38 bits per heavy atom. The zero-order chi connectivity index (χ0) is 10.1. The molecule has 72 valence electrons. The fourth-order valence-corrected chi connectivity index (χ4v) is 1.45. The Bertz CT molecular complexity index is 304. The number of aromatic nitrogens is 1. The number of pyridine rings is 1. The molecule has 1 rings (SSSR count). The molecule has 0 saturated heterocycles. The summed E-state index contributed by atoms with van der Waals surface area (Å²) < 4.78 is 5.04. The van der Waals surface area contributed by atoms with Crippen LogP contribution >= 0.6 is 11.6 Å². The summed E-state index contributed by atoms with van der Waals surface area (Å²) in [6.07, 6.45) is 0. The van der Waals surface area contributed by atoms with Crippen LogP contribution in [0.15, 0.2) is 12.1 Å². The summed E-state index contributed by atoms with van der Waals surface area (Å²) in [5.74, 6) is 0.606. The second-order valence-electron chi connectivity index (χ2n) is 3.93. The van der Waals surface area contributed by atoms with Crippen LogP contribution in [0, 0.1) is 0 Å². The van der Waals surface area contributed by atoms with E-state index in [9.17, 15) is 0 Å². The van der Waals surface area contributed by atoms with E-state index in [1.165, 1.54) is 0 Å². The van der Waals surface area contributed by atoms with E-state index in [2.05, 4.69) is 25.8 Å². The minimum Gasteiger partial charge on any atom is -0.481 e. The van der Waals surface area contributed by atoms with Crippen LogP contribution in [0.1, 0.15) is 26.5 Å². The normalized spacial score (nSPS) is 11.5. The van der Waals surface area contributed by atoms with Gasteiger partial charge in [-0.2, -0.15) is 0 Å². The minimum absolute atomic E-state index is 0.0500. The number of hydrogen-bond donors (Lipinski definition) is 0. The summed E-state index contributed by atoms with van der Waals surface area (Å²) in [7, 11) is 1.60. The second kappa shape index (κ2) is 3.54. The molecule has 0 spiro atoms. The highest BCUT2D eigenvalue weighted by Crippen LogP contribution is 2.29. The molecular weight excluding hydrogens is 186 g/mol. The molecule has 0 atom stereocenters. The molecule has 0 fully saturated rings. The van der Waals surface area contributed by atoms with Crippen LogP contribution in [-0.4, -0.2) is 12.1 Å². The fourth-order valence-electron chi connectivity index (χ4n) is 1.06. The van der Waals surface area contributed by atoms with E-state index >= 15 is 0 Å². The van der Waals surface area contributed by atoms with Crippen LogP contribution in [0.3, 0.4) is 0 Å². The van der Waals surface area contributed by atoms with Crippen LogP contribution < -0.4 is 4.74 Å². The fraction of sp³-hybridized carbons (Fsp3) is 0.500. The first-order valence-electron chi connectivity index (χ1n) is 4.16. The number of ether oxygens (including phenoxy) is 1. The lowest BCUT2D eigenvalue weighted by atomic mass is 9.91. The maximum atomic E-state index is 6.02. The highest BCUT2D eigenvalue weighted by atomic mass is 35.5. The summed E-state index contributed by atoms with van der Waals surface area (Å²) >= 11 is 6.02. The van der Waals surface area contributed by atoms with Gasteiger partial charge in [-0.15, -0.1) is 0 Å². The molecule has 0 bridgehead atoms. The van der Waals surface area contributed by atoms with Gasteiger partial charge >= 0.3 is 0 Å². The summed E-state index contributed by atoms with van der Waals surface area (Å²) in [5.41, 5.74) is 0.819. The van der Waals surface area contributed by atoms with Crippen molar-refractivity contribution in [3.63, 3.8) is 0 Å². The van der Waals surface area contributed by atoms with Gasteiger partial charge in [-0.3, -0.25) is 0 Å². The number of methoxy groups -OCH3 is 1. The Morgan fingerprint density at radius 1 is 1.31 bits per heavy atom. The average Bonchev–Trinajstić information content (AvgIpc) is 2.03. The highest BCUT2D eigenvalue weighted by Gasteiger charge is 2.19. The lowest BCUT2D eigenvalue weighted by molar-refractivity contribution is 0.392. The van der Waals surface area contributed by atoms with Gasteiger partial charge in [0.2, 0.25) is 5.88 Å². The molecule has 2 nitrogen and oxygen atoms in total. The molecule has 13 heavy (non-hydrogen) atoms. The number of rotatable bonds is 1. The van der Waals surface area contributed by atoms with Crippen molar-refractivity contribution in [2.24, 2.45) is 0 Å². The zero-order valence-electron chi connectivity index (χ0n) is 8.39.